The maximum atomic E-state index is 13.1. The molecule has 9 heteroatoms. The van der Waals surface area contributed by atoms with E-state index in [-0.39, 0.29) is 29.8 Å². The fourth-order valence-electron chi connectivity index (χ4n) is 4.01. The van der Waals surface area contributed by atoms with Crippen molar-refractivity contribution < 1.29 is 22.0 Å². The van der Waals surface area contributed by atoms with Gasteiger partial charge < -0.3 is 14.6 Å². The Labute approximate surface area is 178 Å². The molecule has 1 aromatic heterocycles. The first-order valence-corrected chi connectivity index (χ1v) is 11.3. The number of halogens is 1. The van der Waals surface area contributed by atoms with Gasteiger partial charge in [-0.15, -0.1) is 0 Å². The highest BCUT2D eigenvalue weighted by Gasteiger charge is 2.37. The van der Waals surface area contributed by atoms with E-state index >= 15 is 0 Å². The Morgan fingerprint density at radius 2 is 1.71 bits per heavy atom. The van der Waals surface area contributed by atoms with Crippen LogP contribution in [0.15, 0.2) is 75.3 Å². The van der Waals surface area contributed by atoms with Crippen molar-refractivity contribution in [3.8, 4) is 0 Å². The highest BCUT2D eigenvalue weighted by atomic mass is 32.2. The molecular weight excluding hydrogens is 421 g/mol. The SMILES string of the molecule is O=C(NCc1ccc(F)cc1)N1CC2=C(C1)CN(S(=O)(=O)c1ccc3occc3c1)C2. The van der Waals surface area contributed by atoms with Gasteiger partial charge in [0, 0.05) is 38.1 Å². The van der Waals surface area contributed by atoms with Crippen molar-refractivity contribution in [2.45, 2.75) is 11.4 Å². The lowest BCUT2D eigenvalue weighted by Gasteiger charge is -2.23. The van der Waals surface area contributed by atoms with Crippen molar-refractivity contribution in [1.29, 1.82) is 0 Å². The molecule has 0 aliphatic carbocycles. The molecule has 1 N–H and O–H groups in total. The minimum atomic E-state index is -3.64. The minimum Gasteiger partial charge on any atom is -0.464 e. The van der Waals surface area contributed by atoms with Gasteiger partial charge in [0.05, 0.1) is 11.2 Å². The summed E-state index contributed by atoms with van der Waals surface area (Å²) in [6, 6.07) is 12.3. The summed E-state index contributed by atoms with van der Waals surface area (Å²) in [7, 11) is -3.64. The molecule has 7 nitrogen and oxygen atoms in total. The summed E-state index contributed by atoms with van der Waals surface area (Å²) in [5, 5.41) is 3.57. The molecule has 2 amide bonds. The lowest BCUT2D eigenvalue weighted by molar-refractivity contribution is 0.208. The van der Waals surface area contributed by atoms with Crippen LogP contribution in [0.25, 0.3) is 11.0 Å². The second kappa shape index (κ2) is 7.51. The summed E-state index contributed by atoms with van der Waals surface area (Å²) in [5.41, 5.74) is 3.37. The Morgan fingerprint density at radius 1 is 1.00 bits per heavy atom. The molecule has 0 bridgehead atoms. The van der Waals surface area contributed by atoms with Crippen molar-refractivity contribution >= 4 is 27.0 Å². The molecule has 2 aliphatic rings. The van der Waals surface area contributed by atoms with Gasteiger partial charge in [-0.1, -0.05) is 12.1 Å². The van der Waals surface area contributed by atoms with Crippen LogP contribution in [0.2, 0.25) is 0 Å². The van der Waals surface area contributed by atoms with Gasteiger partial charge in [0.25, 0.3) is 0 Å². The zero-order chi connectivity index (χ0) is 21.6. The Hall–Kier alpha value is -3.17. The number of hydrogen-bond donors (Lipinski definition) is 1. The van der Waals surface area contributed by atoms with Gasteiger partial charge in [-0.25, -0.2) is 17.6 Å². The van der Waals surface area contributed by atoms with E-state index in [1.54, 1.807) is 41.3 Å². The fraction of sp³-hybridized carbons (Fsp3) is 0.227. The van der Waals surface area contributed by atoms with Gasteiger partial charge >= 0.3 is 6.03 Å². The third kappa shape index (κ3) is 3.70. The van der Waals surface area contributed by atoms with Crippen molar-refractivity contribution in [2.24, 2.45) is 0 Å². The Morgan fingerprint density at radius 3 is 2.42 bits per heavy atom. The molecule has 2 aliphatic heterocycles. The number of carbonyl (C=O) groups is 1. The summed E-state index contributed by atoms with van der Waals surface area (Å²) >= 11 is 0. The molecule has 2 aromatic carbocycles. The number of hydrogen-bond acceptors (Lipinski definition) is 4. The van der Waals surface area contributed by atoms with E-state index in [1.165, 1.54) is 22.7 Å². The van der Waals surface area contributed by atoms with Crippen LogP contribution < -0.4 is 5.32 Å². The van der Waals surface area contributed by atoms with Gasteiger partial charge in [-0.2, -0.15) is 4.31 Å². The van der Waals surface area contributed by atoms with E-state index in [1.807, 2.05) is 0 Å². The number of benzene rings is 2. The number of furan rings is 1. The summed E-state index contributed by atoms with van der Waals surface area (Å²) in [5.74, 6) is -0.320. The second-order valence-corrected chi connectivity index (χ2v) is 9.68. The van der Waals surface area contributed by atoms with Crippen LogP contribution in [0.3, 0.4) is 0 Å². The third-order valence-corrected chi connectivity index (χ3v) is 7.49. The summed E-state index contributed by atoms with van der Waals surface area (Å²) < 4.78 is 45.9. The highest BCUT2D eigenvalue weighted by Crippen LogP contribution is 2.31. The lowest BCUT2D eigenvalue weighted by Crippen LogP contribution is -2.41. The smallest absolute Gasteiger partial charge is 0.318 e. The van der Waals surface area contributed by atoms with Crippen LogP contribution in [0.1, 0.15) is 5.56 Å². The van der Waals surface area contributed by atoms with Gasteiger partial charge in [0.2, 0.25) is 10.0 Å². The van der Waals surface area contributed by atoms with E-state index in [4.69, 9.17) is 4.42 Å². The molecule has 0 saturated carbocycles. The average molecular weight is 441 g/mol. The lowest BCUT2D eigenvalue weighted by atomic mass is 10.2. The van der Waals surface area contributed by atoms with E-state index < -0.39 is 10.0 Å². The quantitative estimate of drug-likeness (QED) is 0.631. The van der Waals surface area contributed by atoms with Crippen molar-refractivity contribution in [3.05, 3.63) is 77.3 Å². The highest BCUT2D eigenvalue weighted by molar-refractivity contribution is 7.89. The maximum Gasteiger partial charge on any atom is 0.318 e. The van der Waals surface area contributed by atoms with Crippen molar-refractivity contribution in [3.63, 3.8) is 0 Å². The predicted molar refractivity (Wildman–Crippen MR) is 112 cm³/mol. The van der Waals surface area contributed by atoms with Crippen LogP contribution in [0, 0.1) is 5.82 Å². The maximum absolute atomic E-state index is 13.1. The van der Waals surface area contributed by atoms with Gasteiger partial charge in [0.15, 0.2) is 0 Å². The molecule has 0 atom stereocenters. The predicted octanol–water partition coefficient (Wildman–Crippen LogP) is 3.10. The van der Waals surface area contributed by atoms with Gasteiger partial charge in [0.1, 0.15) is 11.4 Å². The van der Waals surface area contributed by atoms with Gasteiger partial charge in [-0.05, 0) is 53.1 Å². The normalized spacial score (nSPS) is 16.9. The zero-order valence-electron chi connectivity index (χ0n) is 16.5. The van der Waals surface area contributed by atoms with Crippen LogP contribution in [-0.4, -0.2) is 49.8 Å². The average Bonchev–Trinajstić information content (AvgIpc) is 3.47. The molecular formula is C22H20FN3O4S. The van der Waals surface area contributed by atoms with Crippen LogP contribution in [-0.2, 0) is 16.6 Å². The van der Waals surface area contributed by atoms with Crippen molar-refractivity contribution in [1.82, 2.24) is 14.5 Å². The molecule has 31 heavy (non-hydrogen) atoms. The summed E-state index contributed by atoms with van der Waals surface area (Å²) in [6.45, 7) is 1.66. The largest absolute Gasteiger partial charge is 0.464 e. The number of rotatable bonds is 4. The molecule has 160 valence electrons. The fourth-order valence-corrected chi connectivity index (χ4v) is 5.47. The molecule has 5 rings (SSSR count). The van der Waals surface area contributed by atoms with E-state index in [0.29, 0.717) is 25.2 Å². The van der Waals surface area contributed by atoms with E-state index in [0.717, 1.165) is 22.1 Å². The standard InChI is InChI=1S/C22H20FN3O4S/c23-19-3-1-15(2-4-19)10-24-22(27)25-11-17-13-26(14-18(17)12-25)31(28,29)20-5-6-21-16(9-20)7-8-30-21/h1-9H,10-14H2,(H,24,27). The Balaban J connectivity index is 1.20. The van der Waals surface area contributed by atoms with Crippen LogP contribution in [0.5, 0.6) is 0 Å². The summed E-state index contributed by atoms with van der Waals surface area (Å²) in [6.07, 6.45) is 1.53. The number of urea groups is 1. The van der Waals surface area contributed by atoms with Crippen LogP contribution in [0.4, 0.5) is 9.18 Å². The molecule has 0 fully saturated rings. The van der Waals surface area contributed by atoms with Crippen molar-refractivity contribution in [2.75, 3.05) is 26.2 Å². The second-order valence-electron chi connectivity index (χ2n) is 7.74. The van der Waals surface area contributed by atoms with Crippen LogP contribution >= 0.6 is 0 Å². The molecule has 0 saturated heterocycles. The number of sulfonamides is 1. The number of fused-ring (bicyclic) bond motifs is 1. The first-order chi connectivity index (χ1) is 14.9. The number of carbonyl (C=O) groups excluding carboxylic acids is 1. The molecule has 3 heterocycles. The summed E-state index contributed by atoms with van der Waals surface area (Å²) in [4.78, 5) is 14.4. The van der Waals surface area contributed by atoms with Gasteiger partial charge in [-0.3, -0.25) is 0 Å². The molecule has 3 aromatic rings. The molecule has 0 radical (unpaired) electrons. The molecule has 0 unspecified atom stereocenters. The zero-order valence-corrected chi connectivity index (χ0v) is 17.4. The monoisotopic (exact) mass is 441 g/mol. The Kier molecular flexibility index (Phi) is 4.79. The van der Waals surface area contributed by atoms with E-state index in [9.17, 15) is 17.6 Å². The Bertz CT molecular complexity index is 1280. The number of nitrogens with one attached hydrogen (secondary N) is 1. The van der Waals surface area contributed by atoms with E-state index in [2.05, 4.69) is 5.32 Å². The first-order valence-electron chi connectivity index (χ1n) is 9.84. The molecule has 0 spiro atoms. The number of nitrogens with zero attached hydrogens (tertiary/aromatic N) is 2. The number of amides is 2. The minimum absolute atomic E-state index is 0.224. The third-order valence-electron chi connectivity index (χ3n) is 5.70. The topological polar surface area (TPSA) is 82.9 Å². The first kappa shape index (κ1) is 19.8.